The van der Waals surface area contributed by atoms with Crippen molar-refractivity contribution in [3.05, 3.63) is 62.3 Å². The van der Waals surface area contributed by atoms with Crippen molar-refractivity contribution >= 4 is 28.1 Å². The van der Waals surface area contributed by atoms with Gasteiger partial charge in [0.2, 0.25) is 0 Å². The minimum atomic E-state index is -0.0162. The monoisotopic (exact) mass is 382 g/mol. The highest BCUT2D eigenvalue weighted by atomic mass is 32.1. The zero-order valence-corrected chi connectivity index (χ0v) is 16.3. The maximum atomic E-state index is 12.6. The molecule has 1 aliphatic rings. The van der Waals surface area contributed by atoms with Crippen molar-refractivity contribution in [1.82, 2.24) is 19.4 Å². The fraction of sp³-hybridized carbons (Fsp3) is 0.350. The van der Waals surface area contributed by atoms with Gasteiger partial charge in [0, 0.05) is 38.1 Å². The van der Waals surface area contributed by atoms with Gasteiger partial charge in [-0.3, -0.25) is 19.1 Å². The van der Waals surface area contributed by atoms with Gasteiger partial charge in [-0.15, -0.1) is 11.3 Å². The van der Waals surface area contributed by atoms with Crippen LogP contribution in [0.15, 0.2) is 41.2 Å². The second-order valence-electron chi connectivity index (χ2n) is 6.89. The van der Waals surface area contributed by atoms with E-state index in [0.717, 1.165) is 34.2 Å². The van der Waals surface area contributed by atoms with Crippen LogP contribution in [0.4, 0.5) is 0 Å². The summed E-state index contributed by atoms with van der Waals surface area (Å²) in [6.07, 6.45) is 0. The number of fused-ring (bicyclic) bond motifs is 1. The first-order chi connectivity index (χ1) is 13.0. The number of carbonyl (C=O) groups is 1. The molecule has 0 aliphatic carbocycles. The molecule has 27 heavy (non-hydrogen) atoms. The maximum Gasteiger partial charge on any atom is 0.264 e. The SMILES string of the molecule is Cc1ccc(C(=O)N2CCN(Cc3nc4ccccc4c(=O)n3C)CC2)s1. The van der Waals surface area contributed by atoms with E-state index in [-0.39, 0.29) is 11.5 Å². The lowest BCUT2D eigenvalue weighted by Crippen LogP contribution is -2.48. The molecule has 3 heterocycles. The number of thiophene rings is 1. The highest BCUT2D eigenvalue weighted by molar-refractivity contribution is 7.13. The van der Waals surface area contributed by atoms with E-state index in [2.05, 4.69) is 9.88 Å². The summed E-state index contributed by atoms with van der Waals surface area (Å²) in [5.74, 6) is 0.872. The minimum absolute atomic E-state index is 0.0162. The molecule has 2 aromatic heterocycles. The van der Waals surface area contributed by atoms with Gasteiger partial charge in [0.05, 0.1) is 22.3 Å². The first-order valence-electron chi connectivity index (χ1n) is 9.05. The average molecular weight is 382 g/mol. The Morgan fingerprint density at radius 1 is 1.11 bits per heavy atom. The second-order valence-corrected chi connectivity index (χ2v) is 8.18. The third kappa shape index (κ3) is 3.52. The zero-order valence-electron chi connectivity index (χ0n) is 15.5. The van der Waals surface area contributed by atoms with Crippen molar-refractivity contribution in [3.63, 3.8) is 0 Å². The normalized spacial score (nSPS) is 15.4. The van der Waals surface area contributed by atoms with E-state index < -0.39 is 0 Å². The largest absolute Gasteiger partial charge is 0.335 e. The van der Waals surface area contributed by atoms with Gasteiger partial charge in [0.25, 0.3) is 11.5 Å². The van der Waals surface area contributed by atoms with Crippen molar-refractivity contribution in [2.24, 2.45) is 7.05 Å². The summed E-state index contributed by atoms with van der Waals surface area (Å²) in [7, 11) is 1.77. The third-order valence-electron chi connectivity index (χ3n) is 5.05. The van der Waals surface area contributed by atoms with Crippen LogP contribution in [-0.2, 0) is 13.6 Å². The number of hydrogen-bond donors (Lipinski definition) is 0. The van der Waals surface area contributed by atoms with Crippen LogP contribution in [0.5, 0.6) is 0 Å². The smallest absolute Gasteiger partial charge is 0.264 e. The highest BCUT2D eigenvalue weighted by Gasteiger charge is 2.24. The van der Waals surface area contributed by atoms with Crippen molar-refractivity contribution in [3.8, 4) is 0 Å². The molecule has 1 fully saturated rings. The summed E-state index contributed by atoms with van der Waals surface area (Å²) < 4.78 is 1.63. The molecule has 6 nitrogen and oxygen atoms in total. The third-order valence-corrected chi connectivity index (χ3v) is 6.04. The fourth-order valence-electron chi connectivity index (χ4n) is 3.42. The van der Waals surface area contributed by atoms with Crippen molar-refractivity contribution in [2.45, 2.75) is 13.5 Å². The first kappa shape index (κ1) is 17.9. The second kappa shape index (κ2) is 7.25. The molecule has 1 aromatic carbocycles. The number of rotatable bonds is 3. The Morgan fingerprint density at radius 2 is 1.85 bits per heavy atom. The number of nitrogens with zero attached hydrogens (tertiary/aromatic N) is 4. The van der Waals surface area contributed by atoms with Gasteiger partial charge in [-0.1, -0.05) is 12.1 Å². The molecular formula is C20H22N4O2S. The van der Waals surface area contributed by atoms with E-state index in [9.17, 15) is 9.59 Å². The van der Waals surface area contributed by atoms with Gasteiger partial charge >= 0.3 is 0 Å². The molecule has 0 unspecified atom stereocenters. The number of aryl methyl sites for hydroxylation is 1. The molecule has 3 aromatic rings. The number of carbonyl (C=O) groups excluding carboxylic acids is 1. The predicted molar refractivity (Wildman–Crippen MR) is 107 cm³/mol. The van der Waals surface area contributed by atoms with Gasteiger partial charge in [0.1, 0.15) is 5.82 Å². The van der Waals surface area contributed by atoms with E-state index in [4.69, 9.17) is 0 Å². The Balaban J connectivity index is 1.45. The molecule has 0 spiro atoms. The summed E-state index contributed by atoms with van der Waals surface area (Å²) in [6.45, 7) is 5.56. The predicted octanol–water partition coefficient (Wildman–Crippen LogP) is 2.26. The zero-order chi connectivity index (χ0) is 19.0. The Bertz CT molecular complexity index is 1050. The summed E-state index contributed by atoms with van der Waals surface area (Å²) in [4.78, 5) is 35.9. The minimum Gasteiger partial charge on any atom is -0.335 e. The highest BCUT2D eigenvalue weighted by Crippen LogP contribution is 2.18. The standard InChI is InChI=1S/C20H22N4O2S/c1-14-7-8-17(27-14)20(26)24-11-9-23(10-12-24)13-18-21-16-6-4-3-5-15(16)19(25)22(18)2/h3-8H,9-13H2,1-2H3. The number of hydrogen-bond acceptors (Lipinski definition) is 5. The molecule has 7 heteroatoms. The van der Waals surface area contributed by atoms with Crippen LogP contribution in [-0.4, -0.2) is 51.4 Å². The molecule has 0 atom stereocenters. The molecule has 1 amide bonds. The molecule has 1 aliphatic heterocycles. The van der Waals surface area contributed by atoms with Crippen LogP contribution in [0.3, 0.4) is 0 Å². The van der Waals surface area contributed by atoms with Crippen LogP contribution >= 0.6 is 11.3 Å². The molecule has 0 N–H and O–H groups in total. The van der Waals surface area contributed by atoms with Crippen LogP contribution < -0.4 is 5.56 Å². The summed E-state index contributed by atoms with van der Waals surface area (Å²) in [5.41, 5.74) is 0.718. The summed E-state index contributed by atoms with van der Waals surface area (Å²) in [6, 6.07) is 11.3. The Labute approximate surface area is 161 Å². The lowest BCUT2D eigenvalue weighted by atomic mass is 10.2. The average Bonchev–Trinajstić information content (AvgIpc) is 3.12. The van der Waals surface area contributed by atoms with Gasteiger partial charge < -0.3 is 4.90 Å². The Morgan fingerprint density at radius 3 is 2.56 bits per heavy atom. The van der Waals surface area contributed by atoms with Gasteiger partial charge in [-0.2, -0.15) is 0 Å². The maximum absolute atomic E-state index is 12.6. The Kier molecular flexibility index (Phi) is 4.80. The molecule has 0 bridgehead atoms. The van der Waals surface area contributed by atoms with Crippen LogP contribution in [0.2, 0.25) is 0 Å². The lowest BCUT2D eigenvalue weighted by molar-refractivity contribution is 0.0628. The van der Waals surface area contributed by atoms with Crippen molar-refractivity contribution in [2.75, 3.05) is 26.2 Å². The van der Waals surface area contributed by atoms with Crippen molar-refractivity contribution < 1.29 is 4.79 Å². The molecule has 0 saturated carbocycles. The van der Waals surface area contributed by atoms with Crippen molar-refractivity contribution in [1.29, 1.82) is 0 Å². The molecule has 0 radical (unpaired) electrons. The molecule has 4 rings (SSSR count). The number of amides is 1. The summed E-state index contributed by atoms with van der Waals surface area (Å²) >= 11 is 1.54. The lowest BCUT2D eigenvalue weighted by Gasteiger charge is -2.34. The van der Waals surface area contributed by atoms with Crippen LogP contribution in [0.25, 0.3) is 10.9 Å². The van der Waals surface area contributed by atoms with Gasteiger partial charge in [0.15, 0.2) is 0 Å². The fourth-order valence-corrected chi connectivity index (χ4v) is 4.26. The van der Waals surface area contributed by atoms with E-state index in [1.165, 1.54) is 0 Å². The van der Waals surface area contributed by atoms with E-state index in [0.29, 0.717) is 25.0 Å². The van der Waals surface area contributed by atoms with Crippen LogP contribution in [0, 0.1) is 6.92 Å². The van der Waals surface area contributed by atoms with Gasteiger partial charge in [-0.25, -0.2) is 4.98 Å². The molecule has 1 saturated heterocycles. The number of para-hydroxylation sites is 1. The first-order valence-corrected chi connectivity index (χ1v) is 9.87. The van der Waals surface area contributed by atoms with E-state index in [1.54, 1.807) is 23.0 Å². The van der Waals surface area contributed by atoms with Crippen LogP contribution in [0.1, 0.15) is 20.4 Å². The molecular weight excluding hydrogens is 360 g/mol. The van der Waals surface area contributed by atoms with Gasteiger partial charge in [-0.05, 0) is 31.2 Å². The van der Waals surface area contributed by atoms with E-state index >= 15 is 0 Å². The summed E-state index contributed by atoms with van der Waals surface area (Å²) in [5, 5.41) is 0.644. The number of aromatic nitrogens is 2. The number of benzene rings is 1. The van der Waals surface area contributed by atoms with E-state index in [1.807, 2.05) is 48.2 Å². The topological polar surface area (TPSA) is 58.4 Å². The Hall–Kier alpha value is -2.51. The number of piperazine rings is 1. The molecule has 140 valence electrons. The quantitative estimate of drug-likeness (QED) is 0.697.